The Bertz CT molecular complexity index is 1370. The molecule has 7 nitrogen and oxygen atoms in total. The summed E-state index contributed by atoms with van der Waals surface area (Å²) < 4.78 is 35.0. The number of benzene rings is 2. The SMILES string of the molecule is O=S(=O)(c1nc(-c2ccccc2)oc1-c1ccc(Cl)cc1)N1CCN(CCc2ccccn2)CC1. The smallest absolute Gasteiger partial charge is 0.264 e. The molecule has 1 aliphatic rings. The zero-order valence-corrected chi connectivity index (χ0v) is 20.6. The number of aromatic nitrogens is 2. The van der Waals surface area contributed by atoms with E-state index in [9.17, 15) is 8.42 Å². The van der Waals surface area contributed by atoms with Gasteiger partial charge in [-0.05, 0) is 48.5 Å². The minimum absolute atomic E-state index is 0.0689. The van der Waals surface area contributed by atoms with Crippen LogP contribution in [-0.4, -0.2) is 60.3 Å². The summed E-state index contributed by atoms with van der Waals surface area (Å²) in [5.74, 6) is 0.487. The van der Waals surface area contributed by atoms with Crippen molar-refractivity contribution < 1.29 is 12.8 Å². The Balaban J connectivity index is 1.38. The minimum atomic E-state index is -3.87. The van der Waals surface area contributed by atoms with Crippen molar-refractivity contribution in [2.45, 2.75) is 11.4 Å². The number of pyridine rings is 1. The van der Waals surface area contributed by atoms with Crippen LogP contribution in [0.1, 0.15) is 5.69 Å². The van der Waals surface area contributed by atoms with Crippen molar-refractivity contribution in [3.63, 3.8) is 0 Å². The molecule has 0 bridgehead atoms. The number of hydrogen-bond acceptors (Lipinski definition) is 6. The van der Waals surface area contributed by atoms with Gasteiger partial charge in [-0.2, -0.15) is 9.29 Å². The molecule has 1 fully saturated rings. The Kier molecular flexibility index (Phi) is 6.97. The molecular weight excluding hydrogens is 484 g/mol. The van der Waals surface area contributed by atoms with Crippen molar-refractivity contribution in [2.24, 2.45) is 0 Å². The molecule has 0 saturated carbocycles. The number of hydrogen-bond donors (Lipinski definition) is 0. The summed E-state index contributed by atoms with van der Waals surface area (Å²) in [5, 5.41) is 0.489. The quantitative estimate of drug-likeness (QED) is 0.363. The molecule has 0 spiro atoms. The van der Waals surface area contributed by atoms with Gasteiger partial charge in [0, 0.05) is 67.2 Å². The van der Waals surface area contributed by atoms with Gasteiger partial charge in [0.25, 0.3) is 10.0 Å². The second-order valence-corrected chi connectivity index (χ2v) is 10.6. The van der Waals surface area contributed by atoms with Crippen LogP contribution in [0.2, 0.25) is 5.02 Å². The lowest BCUT2D eigenvalue weighted by atomic mass is 10.2. The summed E-state index contributed by atoms with van der Waals surface area (Å²) in [7, 11) is -3.87. The predicted molar refractivity (Wildman–Crippen MR) is 136 cm³/mol. The van der Waals surface area contributed by atoms with Crippen molar-refractivity contribution in [1.29, 1.82) is 0 Å². The average Bonchev–Trinajstić information content (AvgIpc) is 3.36. The summed E-state index contributed by atoms with van der Waals surface area (Å²) in [4.78, 5) is 11.1. The summed E-state index contributed by atoms with van der Waals surface area (Å²) in [6.45, 7) is 2.90. The second-order valence-electron chi connectivity index (χ2n) is 8.34. The van der Waals surface area contributed by atoms with E-state index in [1.807, 2.05) is 48.5 Å². The van der Waals surface area contributed by atoms with Gasteiger partial charge in [0.1, 0.15) is 0 Å². The molecule has 1 aliphatic heterocycles. The number of rotatable bonds is 7. The molecule has 0 N–H and O–H groups in total. The first-order valence-corrected chi connectivity index (χ1v) is 13.3. The molecule has 0 unspecified atom stereocenters. The third-order valence-electron chi connectivity index (χ3n) is 6.05. The molecule has 180 valence electrons. The van der Waals surface area contributed by atoms with Gasteiger partial charge in [-0.1, -0.05) is 35.9 Å². The molecular formula is C26H25ClN4O3S. The molecule has 2 aromatic heterocycles. The van der Waals surface area contributed by atoms with Crippen LogP contribution in [0.25, 0.3) is 22.8 Å². The van der Waals surface area contributed by atoms with E-state index in [0.717, 1.165) is 18.7 Å². The molecule has 35 heavy (non-hydrogen) atoms. The van der Waals surface area contributed by atoms with Gasteiger partial charge in [0.05, 0.1) is 0 Å². The molecule has 0 aliphatic carbocycles. The highest BCUT2D eigenvalue weighted by Gasteiger charge is 2.34. The number of nitrogens with zero attached hydrogens (tertiary/aromatic N) is 4. The number of oxazole rings is 1. The first kappa shape index (κ1) is 23.7. The fraction of sp³-hybridized carbons (Fsp3) is 0.231. The Morgan fingerprint density at radius 2 is 1.57 bits per heavy atom. The molecule has 2 aromatic carbocycles. The fourth-order valence-electron chi connectivity index (χ4n) is 4.10. The molecule has 1 saturated heterocycles. The van der Waals surface area contributed by atoms with E-state index in [-0.39, 0.29) is 16.7 Å². The van der Waals surface area contributed by atoms with Crippen molar-refractivity contribution >= 4 is 21.6 Å². The van der Waals surface area contributed by atoms with Crippen LogP contribution in [0, 0.1) is 0 Å². The second kappa shape index (κ2) is 10.3. The molecule has 3 heterocycles. The summed E-state index contributed by atoms with van der Waals surface area (Å²) >= 11 is 6.05. The number of sulfonamides is 1. The summed E-state index contributed by atoms with van der Waals surface area (Å²) in [6, 6.07) is 22.1. The minimum Gasteiger partial charge on any atom is -0.435 e. The lowest BCUT2D eigenvalue weighted by Gasteiger charge is -2.33. The van der Waals surface area contributed by atoms with Gasteiger partial charge in [0.15, 0.2) is 5.76 Å². The standard InChI is InChI=1S/C26H25ClN4O3S/c27-22-11-9-20(10-12-22)24-26(29-25(34-24)21-6-2-1-3-7-21)35(32,33)31-18-16-30(17-19-31)15-13-23-8-4-5-14-28-23/h1-12,14H,13,15-19H2. The lowest BCUT2D eigenvalue weighted by molar-refractivity contribution is 0.189. The van der Waals surface area contributed by atoms with Crippen LogP contribution in [0.5, 0.6) is 0 Å². The van der Waals surface area contributed by atoms with E-state index < -0.39 is 10.0 Å². The van der Waals surface area contributed by atoms with Crippen molar-refractivity contribution in [1.82, 2.24) is 19.2 Å². The molecule has 5 rings (SSSR count). The van der Waals surface area contributed by atoms with Crippen molar-refractivity contribution in [3.05, 3.63) is 89.7 Å². The van der Waals surface area contributed by atoms with Crippen LogP contribution < -0.4 is 0 Å². The maximum absolute atomic E-state index is 13.7. The van der Waals surface area contributed by atoms with E-state index in [4.69, 9.17) is 16.0 Å². The predicted octanol–water partition coefficient (Wildman–Crippen LogP) is 4.61. The van der Waals surface area contributed by atoms with E-state index in [2.05, 4.69) is 14.9 Å². The van der Waals surface area contributed by atoms with Crippen LogP contribution in [0.3, 0.4) is 0 Å². The third-order valence-corrected chi connectivity index (χ3v) is 8.11. The van der Waals surface area contributed by atoms with Crippen molar-refractivity contribution in [3.8, 4) is 22.8 Å². The third kappa shape index (κ3) is 5.31. The highest BCUT2D eigenvalue weighted by molar-refractivity contribution is 7.89. The van der Waals surface area contributed by atoms with E-state index in [0.29, 0.717) is 42.3 Å². The highest BCUT2D eigenvalue weighted by atomic mass is 35.5. The topological polar surface area (TPSA) is 79.5 Å². The molecule has 9 heteroatoms. The van der Waals surface area contributed by atoms with E-state index in [1.54, 1.807) is 30.5 Å². The van der Waals surface area contributed by atoms with Crippen LogP contribution in [0.15, 0.2) is 88.4 Å². The summed E-state index contributed by atoms with van der Waals surface area (Å²) in [6.07, 6.45) is 2.62. The van der Waals surface area contributed by atoms with E-state index in [1.165, 1.54) is 4.31 Å². The van der Waals surface area contributed by atoms with Crippen LogP contribution >= 0.6 is 11.6 Å². The van der Waals surface area contributed by atoms with Gasteiger partial charge in [-0.15, -0.1) is 0 Å². The Morgan fingerprint density at radius 1 is 0.857 bits per heavy atom. The fourth-order valence-corrected chi connectivity index (χ4v) is 5.71. The van der Waals surface area contributed by atoms with Gasteiger partial charge in [-0.3, -0.25) is 4.98 Å². The lowest BCUT2D eigenvalue weighted by Crippen LogP contribution is -2.49. The number of piperazine rings is 1. The normalized spacial score (nSPS) is 15.3. The van der Waals surface area contributed by atoms with Crippen molar-refractivity contribution in [2.75, 3.05) is 32.7 Å². The van der Waals surface area contributed by atoms with E-state index >= 15 is 0 Å². The zero-order valence-electron chi connectivity index (χ0n) is 19.0. The maximum Gasteiger partial charge on any atom is 0.264 e. The van der Waals surface area contributed by atoms with Gasteiger partial charge in [-0.25, -0.2) is 8.42 Å². The Labute approximate surface area is 210 Å². The van der Waals surface area contributed by atoms with Gasteiger partial charge < -0.3 is 9.32 Å². The average molecular weight is 509 g/mol. The summed E-state index contributed by atoms with van der Waals surface area (Å²) in [5.41, 5.74) is 2.35. The van der Waals surface area contributed by atoms with Crippen LogP contribution in [0.4, 0.5) is 0 Å². The van der Waals surface area contributed by atoms with Crippen LogP contribution in [-0.2, 0) is 16.4 Å². The molecule has 0 amide bonds. The largest absolute Gasteiger partial charge is 0.435 e. The molecule has 0 atom stereocenters. The highest BCUT2D eigenvalue weighted by Crippen LogP contribution is 2.34. The number of halogens is 1. The zero-order chi connectivity index (χ0) is 24.3. The first-order valence-electron chi connectivity index (χ1n) is 11.5. The monoisotopic (exact) mass is 508 g/mol. The Hall–Kier alpha value is -3.04. The molecule has 0 radical (unpaired) electrons. The first-order chi connectivity index (χ1) is 17.0. The van der Waals surface area contributed by atoms with Gasteiger partial charge >= 0.3 is 0 Å². The maximum atomic E-state index is 13.7. The Morgan fingerprint density at radius 3 is 2.26 bits per heavy atom. The molecule has 4 aromatic rings. The van der Waals surface area contributed by atoms with Gasteiger partial charge in [0.2, 0.25) is 10.9 Å².